The van der Waals surface area contributed by atoms with E-state index < -0.39 is 13.9 Å². The van der Waals surface area contributed by atoms with Gasteiger partial charge >= 0.3 is 13.8 Å². The molecule has 9 heteroatoms. The van der Waals surface area contributed by atoms with Crippen molar-refractivity contribution in [2.75, 3.05) is 54.1 Å². The first-order chi connectivity index (χ1) is 27.6. The van der Waals surface area contributed by atoms with E-state index in [2.05, 4.69) is 62.5 Å². The Labute approximate surface area is 352 Å². The van der Waals surface area contributed by atoms with E-state index in [-0.39, 0.29) is 25.8 Å². The summed E-state index contributed by atoms with van der Waals surface area (Å²) >= 11 is 0. The van der Waals surface area contributed by atoms with Gasteiger partial charge < -0.3 is 18.9 Å². The summed E-state index contributed by atoms with van der Waals surface area (Å²) in [7, 11) is 1.67. The number of likely N-dealkylation sites (N-methyl/N-ethyl adjacent to an activating group) is 1. The lowest BCUT2D eigenvalue weighted by molar-refractivity contribution is -0.870. The molecule has 0 aromatic rings. The van der Waals surface area contributed by atoms with E-state index in [4.69, 9.17) is 18.5 Å². The summed E-state index contributed by atoms with van der Waals surface area (Å²) in [5, 5.41) is 0. The molecule has 0 aromatic carbocycles. The highest BCUT2D eigenvalue weighted by atomic mass is 31.2. The Hall–Kier alpha value is -1.54. The van der Waals surface area contributed by atoms with Crippen molar-refractivity contribution in [1.29, 1.82) is 0 Å². The van der Waals surface area contributed by atoms with Crippen LogP contribution in [0.4, 0.5) is 0 Å². The van der Waals surface area contributed by atoms with E-state index in [9.17, 15) is 14.3 Å². The molecule has 0 spiro atoms. The van der Waals surface area contributed by atoms with Gasteiger partial charge in [0.1, 0.15) is 19.3 Å². The SMILES string of the molecule is CC/C=C\C/C=C\C/C=C\C/C=C\CCCCCCCCCCCCCCCOCC(COP(=O)(O)OCC[N+](C)(C)C)OC(=O)CCCCCCCCCCC. The van der Waals surface area contributed by atoms with Crippen LogP contribution < -0.4 is 0 Å². The van der Waals surface area contributed by atoms with Crippen molar-refractivity contribution in [2.45, 2.75) is 200 Å². The second-order valence-electron chi connectivity index (χ2n) is 16.8. The molecule has 0 aromatic heterocycles. The van der Waals surface area contributed by atoms with Gasteiger partial charge in [0.2, 0.25) is 0 Å². The fourth-order valence-electron chi connectivity index (χ4n) is 6.31. The quantitative estimate of drug-likeness (QED) is 0.0215. The molecule has 0 aliphatic carbocycles. The molecule has 0 aliphatic heterocycles. The van der Waals surface area contributed by atoms with Crippen LogP contribution in [0.15, 0.2) is 48.6 Å². The van der Waals surface area contributed by atoms with E-state index in [1.54, 1.807) is 0 Å². The fraction of sp³-hybridized carbons (Fsp3) is 0.812. The smallest absolute Gasteiger partial charge is 0.457 e. The maximum atomic E-state index is 12.6. The molecule has 0 amide bonds. The molecule has 0 rings (SSSR count). The first-order valence-corrected chi connectivity index (χ1v) is 24.9. The Morgan fingerprint density at radius 3 is 1.53 bits per heavy atom. The number of ether oxygens (including phenoxy) is 2. The van der Waals surface area contributed by atoms with Gasteiger partial charge in [-0.25, -0.2) is 4.57 Å². The summed E-state index contributed by atoms with van der Waals surface area (Å²) in [6, 6.07) is 0. The number of esters is 1. The standard InChI is InChI=1S/C48H90NO7P/c1-6-8-10-12-14-16-17-18-19-20-21-22-23-24-25-26-27-28-29-30-31-32-34-36-38-40-43-53-45-47(46-55-57(51,52)54-44-42-49(3,4)5)56-48(50)41-39-37-35-33-15-13-11-9-7-2/h8,10,14,16,18-19,21-22,47H,6-7,9,11-13,15,17,20,23-46H2,1-5H3/p+1/b10-8-,16-14-,19-18-,22-21-. The molecule has 1 N–H and O–H groups in total. The Kier molecular flexibility index (Phi) is 40.1. The van der Waals surface area contributed by atoms with Gasteiger partial charge in [-0.1, -0.05) is 184 Å². The normalized spacial score (nSPS) is 14.1. The van der Waals surface area contributed by atoms with Gasteiger partial charge in [0.05, 0.1) is 34.4 Å². The van der Waals surface area contributed by atoms with Crippen molar-refractivity contribution in [3.63, 3.8) is 0 Å². The maximum Gasteiger partial charge on any atom is 0.472 e. The van der Waals surface area contributed by atoms with Crippen LogP contribution in [0.1, 0.15) is 194 Å². The summed E-state index contributed by atoms with van der Waals surface area (Å²) < 4.78 is 35.0. The topological polar surface area (TPSA) is 91.3 Å². The second kappa shape index (κ2) is 41.2. The Bertz CT molecular complexity index is 1050. The second-order valence-corrected chi connectivity index (χ2v) is 18.2. The number of phosphoric ester groups is 1. The van der Waals surface area contributed by atoms with Gasteiger partial charge in [0, 0.05) is 13.0 Å². The number of phosphoric acid groups is 1. The van der Waals surface area contributed by atoms with Crippen molar-refractivity contribution < 1.29 is 37.3 Å². The lowest BCUT2D eigenvalue weighted by Crippen LogP contribution is -2.37. The minimum absolute atomic E-state index is 0.0887. The van der Waals surface area contributed by atoms with Crippen LogP contribution in [-0.4, -0.2) is 75.6 Å². The van der Waals surface area contributed by atoms with Crippen molar-refractivity contribution in [3.8, 4) is 0 Å². The summed E-state index contributed by atoms with van der Waals surface area (Å²) in [6.07, 6.45) is 50.2. The lowest BCUT2D eigenvalue weighted by Gasteiger charge is -2.24. The predicted octanol–water partition coefficient (Wildman–Crippen LogP) is 13.9. The zero-order valence-electron chi connectivity index (χ0n) is 37.8. The molecule has 2 unspecified atom stereocenters. The van der Waals surface area contributed by atoms with E-state index in [0.717, 1.165) is 57.8 Å². The van der Waals surface area contributed by atoms with E-state index in [1.165, 1.54) is 116 Å². The van der Waals surface area contributed by atoms with Gasteiger partial charge in [0.15, 0.2) is 0 Å². The van der Waals surface area contributed by atoms with Crippen LogP contribution in [0, 0.1) is 0 Å². The number of hydrogen-bond donors (Lipinski definition) is 1. The predicted molar refractivity (Wildman–Crippen MR) is 243 cm³/mol. The van der Waals surface area contributed by atoms with Crippen molar-refractivity contribution in [2.24, 2.45) is 0 Å². The highest BCUT2D eigenvalue weighted by molar-refractivity contribution is 7.47. The number of unbranched alkanes of at least 4 members (excludes halogenated alkanes) is 21. The van der Waals surface area contributed by atoms with E-state index in [1.807, 2.05) is 21.1 Å². The fourth-order valence-corrected chi connectivity index (χ4v) is 7.05. The van der Waals surface area contributed by atoms with Crippen LogP contribution >= 0.6 is 7.82 Å². The Morgan fingerprint density at radius 2 is 1.02 bits per heavy atom. The molecule has 0 saturated carbocycles. The molecule has 0 aliphatic rings. The summed E-state index contributed by atoms with van der Waals surface area (Å²) in [6.45, 7) is 5.50. The average Bonchev–Trinajstić information content (AvgIpc) is 3.16. The molecule has 2 atom stereocenters. The third kappa shape index (κ3) is 45.4. The number of allylic oxidation sites excluding steroid dienone is 8. The minimum atomic E-state index is -4.27. The monoisotopic (exact) mass is 825 g/mol. The molecular weight excluding hydrogens is 734 g/mol. The van der Waals surface area contributed by atoms with E-state index >= 15 is 0 Å². The van der Waals surface area contributed by atoms with Crippen LogP contribution in [-0.2, 0) is 27.9 Å². The number of nitrogens with zero attached hydrogens (tertiary/aromatic N) is 1. The molecular formula is C48H91NO7P+. The third-order valence-electron chi connectivity index (χ3n) is 9.90. The first-order valence-electron chi connectivity index (χ1n) is 23.4. The van der Waals surface area contributed by atoms with Crippen LogP contribution in [0.25, 0.3) is 0 Å². The van der Waals surface area contributed by atoms with Gasteiger partial charge in [-0.2, -0.15) is 0 Å². The molecule has 57 heavy (non-hydrogen) atoms. The first kappa shape index (κ1) is 55.5. The number of rotatable bonds is 43. The van der Waals surface area contributed by atoms with E-state index in [0.29, 0.717) is 24.1 Å². The third-order valence-corrected chi connectivity index (χ3v) is 10.9. The minimum Gasteiger partial charge on any atom is -0.457 e. The highest BCUT2D eigenvalue weighted by Crippen LogP contribution is 2.43. The number of carbonyl (C=O) groups excluding carboxylic acids is 1. The van der Waals surface area contributed by atoms with Crippen LogP contribution in [0.2, 0.25) is 0 Å². The maximum absolute atomic E-state index is 12.6. The number of quaternary nitrogens is 1. The van der Waals surface area contributed by atoms with Crippen LogP contribution in [0.3, 0.4) is 0 Å². The van der Waals surface area contributed by atoms with Crippen molar-refractivity contribution in [3.05, 3.63) is 48.6 Å². The molecule has 8 nitrogen and oxygen atoms in total. The Balaban J connectivity index is 4.01. The summed E-state index contributed by atoms with van der Waals surface area (Å²) in [5.74, 6) is -0.317. The Morgan fingerprint density at radius 1 is 0.561 bits per heavy atom. The summed E-state index contributed by atoms with van der Waals surface area (Å²) in [5.41, 5.74) is 0. The van der Waals surface area contributed by atoms with Crippen molar-refractivity contribution in [1.82, 2.24) is 0 Å². The largest absolute Gasteiger partial charge is 0.472 e. The van der Waals surface area contributed by atoms with Gasteiger partial charge in [-0.05, 0) is 51.4 Å². The lowest BCUT2D eigenvalue weighted by atomic mass is 10.0. The highest BCUT2D eigenvalue weighted by Gasteiger charge is 2.26. The molecule has 0 heterocycles. The molecule has 0 radical (unpaired) electrons. The average molecular weight is 825 g/mol. The zero-order valence-corrected chi connectivity index (χ0v) is 38.7. The number of hydrogen-bond acceptors (Lipinski definition) is 6. The van der Waals surface area contributed by atoms with Crippen molar-refractivity contribution >= 4 is 13.8 Å². The zero-order chi connectivity index (χ0) is 42.0. The molecule has 0 fully saturated rings. The number of carbonyl (C=O) groups is 1. The summed E-state index contributed by atoms with van der Waals surface area (Å²) in [4.78, 5) is 22.8. The molecule has 0 saturated heterocycles. The van der Waals surface area contributed by atoms with Gasteiger partial charge in [0.25, 0.3) is 0 Å². The molecule has 0 bridgehead atoms. The van der Waals surface area contributed by atoms with Gasteiger partial charge in [-0.3, -0.25) is 13.8 Å². The van der Waals surface area contributed by atoms with Gasteiger partial charge in [-0.15, -0.1) is 0 Å². The van der Waals surface area contributed by atoms with Crippen LogP contribution in [0.5, 0.6) is 0 Å². The molecule has 334 valence electrons.